The second-order valence-electron chi connectivity index (χ2n) is 8.13. The summed E-state index contributed by atoms with van der Waals surface area (Å²) in [7, 11) is 1.60. The minimum atomic E-state index is -2.20. The fraction of sp³-hybridized carbons (Fsp3) is 0.214. The molecule has 0 aliphatic carbocycles. The van der Waals surface area contributed by atoms with Crippen molar-refractivity contribution in [1.82, 2.24) is 9.78 Å². The maximum Gasteiger partial charge on any atom is 0.196 e. The van der Waals surface area contributed by atoms with Crippen LogP contribution in [0.25, 0.3) is 5.69 Å². The average molecular weight is 513 g/mol. The lowest BCUT2D eigenvalue weighted by Gasteiger charge is -2.18. The lowest BCUT2D eigenvalue weighted by atomic mass is 9.91. The number of hydrogen-bond acceptors (Lipinski definition) is 3. The SMILES string of the molecule is C=C/C(=C\C=C(\Cl)CCl)Cc1cc(CC(F)(C=O)c2cccc(C)c2)nn1-c1ccc(OC)cc1. The zero-order valence-corrected chi connectivity index (χ0v) is 21.2. The average Bonchev–Trinajstić information content (AvgIpc) is 3.27. The van der Waals surface area contributed by atoms with Crippen LogP contribution in [0.1, 0.15) is 22.5 Å². The van der Waals surface area contributed by atoms with Crippen molar-refractivity contribution in [1.29, 1.82) is 0 Å². The highest BCUT2D eigenvalue weighted by atomic mass is 35.5. The molecule has 0 bridgehead atoms. The molecule has 0 saturated heterocycles. The van der Waals surface area contributed by atoms with Crippen LogP contribution in [0, 0.1) is 6.92 Å². The summed E-state index contributed by atoms with van der Waals surface area (Å²) in [5.74, 6) is 0.915. The molecule has 1 unspecified atom stereocenters. The van der Waals surface area contributed by atoms with Crippen LogP contribution in [0.4, 0.5) is 4.39 Å². The van der Waals surface area contributed by atoms with E-state index >= 15 is 4.39 Å². The van der Waals surface area contributed by atoms with Gasteiger partial charge in [0.05, 0.1) is 24.4 Å². The van der Waals surface area contributed by atoms with Crippen molar-refractivity contribution in [3.05, 3.63) is 113 Å². The van der Waals surface area contributed by atoms with Gasteiger partial charge in [0.25, 0.3) is 0 Å². The van der Waals surface area contributed by atoms with Gasteiger partial charge in [0, 0.05) is 23.6 Å². The van der Waals surface area contributed by atoms with Crippen molar-refractivity contribution in [2.45, 2.75) is 25.4 Å². The van der Waals surface area contributed by atoms with Gasteiger partial charge in [-0.25, -0.2) is 9.07 Å². The third kappa shape index (κ3) is 6.71. The molecule has 0 N–H and O–H groups in total. The number of aldehydes is 1. The van der Waals surface area contributed by atoms with Gasteiger partial charge >= 0.3 is 0 Å². The zero-order chi connectivity index (χ0) is 25.4. The summed E-state index contributed by atoms with van der Waals surface area (Å²) in [5, 5.41) is 5.17. The maximum absolute atomic E-state index is 15.8. The quantitative estimate of drug-likeness (QED) is 0.161. The summed E-state index contributed by atoms with van der Waals surface area (Å²) < 4.78 is 22.8. The summed E-state index contributed by atoms with van der Waals surface area (Å²) >= 11 is 11.8. The van der Waals surface area contributed by atoms with Crippen LogP contribution in [0.3, 0.4) is 0 Å². The Morgan fingerprint density at radius 2 is 1.94 bits per heavy atom. The first kappa shape index (κ1) is 26.5. The lowest BCUT2D eigenvalue weighted by molar-refractivity contribution is -0.118. The van der Waals surface area contributed by atoms with Crippen LogP contribution < -0.4 is 4.74 Å². The van der Waals surface area contributed by atoms with Crippen molar-refractivity contribution in [3.8, 4) is 11.4 Å². The molecule has 1 atom stereocenters. The summed E-state index contributed by atoms with van der Waals surface area (Å²) in [6, 6.07) is 16.1. The Hall–Kier alpha value is -3.15. The Morgan fingerprint density at radius 1 is 1.20 bits per heavy atom. The molecule has 0 amide bonds. The highest BCUT2D eigenvalue weighted by molar-refractivity contribution is 6.35. The molecule has 0 aliphatic rings. The van der Waals surface area contributed by atoms with Gasteiger partial charge in [-0.05, 0) is 54.5 Å². The maximum atomic E-state index is 15.8. The number of aromatic nitrogens is 2. The van der Waals surface area contributed by atoms with Crippen LogP contribution in [0.2, 0.25) is 0 Å². The Kier molecular flexibility index (Phi) is 9.07. The Labute approximate surface area is 215 Å². The highest BCUT2D eigenvalue weighted by Gasteiger charge is 2.33. The molecule has 0 saturated carbocycles. The van der Waals surface area contributed by atoms with E-state index in [2.05, 4.69) is 11.7 Å². The minimum absolute atomic E-state index is 0.193. The standard InChI is InChI=1S/C28H27Cl2FN2O2/c1-4-21(8-9-23(30)18-29)15-26-16-24(32-33(26)25-10-12-27(35-3)13-11-25)17-28(31,19-34)22-7-5-6-20(2)14-22/h4-14,16,19H,1,15,17-18H2,2-3H3/b21-8+,23-9+. The molecule has 2 aromatic carbocycles. The first-order valence-corrected chi connectivity index (χ1v) is 11.9. The first-order valence-electron chi connectivity index (χ1n) is 11.0. The van der Waals surface area contributed by atoms with E-state index in [1.54, 1.807) is 42.1 Å². The van der Waals surface area contributed by atoms with E-state index < -0.39 is 5.67 Å². The van der Waals surface area contributed by atoms with E-state index in [9.17, 15) is 4.79 Å². The number of rotatable bonds is 11. The molecule has 0 fully saturated rings. The van der Waals surface area contributed by atoms with E-state index in [4.69, 9.17) is 27.9 Å². The fourth-order valence-corrected chi connectivity index (χ4v) is 3.82. The molecule has 3 aromatic rings. The molecule has 0 spiro atoms. The molecular formula is C28H27Cl2FN2O2. The van der Waals surface area contributed by atoms with Crippen molar-refractivity contribution >= 4 is 29.5 Å². The molecule has 1 aromatic heterocycles. The van der Waals surface area contributed by atoms with E-state index in [0.29, 0.717) is 34.7 Å². The number of benzene rings is 2. The summed E-state index contributed by atoms with van der Waals surface area (Å²) in [6.07, 6.45) is 5.88. The van der Waals surface area contributed by atoms with E-state index in [1.807, 2.05) is 49.4 Å². The van der Waals surface area contributed by atoms with Gasteiger partial charge in [0.1, 0.15) is 5.75 Å². The van der Waals surface area contributed by atoms with Crippen molar-refractivity contribution < 1.29 is 13.9 Å². The van der Waals surface area contributed by atoms with E-state index in [1.165, 1.54) is 0 Å². The van der Waals surface area contributed by atoms with E-state index in [0.717, 1.165) is 22.5 Å². The number of carbonyl (C=O) groups excluding carboxylic acids is 1. The topological polar surface area (TPSA) is 44.1 Å². The van der Waals surface area contributed by atoms with Crippen LogP contribution in [-0.2, 0) is 23.3 Å². The van der Waals surface area contributed by atoms with Gasteiger partial charge in [-0.3, -0.25) is 4.79 Å². The number of halogens is 3. The largest absolute Gasteiger partial charge is 0.497 e. The molecule has 3 rings (SSSR count). The van der Waals surface area contributed by atoms with Crippen LogP contribution >= 0.6 is 23.2 Å². The number of methoxy groups -OCH3 is 1. The van der Waals surface area contributed by atoms with Gasteiger partial charge in [0.15, 0.2) is 12.0 Å². The van der Waals surface area contributed by atoms with Crippen LogP contribution in [-0.4, -0.2) is 29.1 Å². The van der Waals surface area contributed by atoms with Gasteiger partial charge < -0.3 is 4.74 Å². The van der Waals surface area contributed by atoms with Gasteiger partial charge in [0.2, 0.25) is 0 Å². The summed E-state index contributed by atoms with van der Waals surface area (Å²) in [4.78, 5) is 11.9. The number of allylic oxidation sites excluding steroid dienone is 5. The van der Waals surface area contributed by atoms with Crippen molar-refractivity contribution in [2.75, 3.05) is 13.0 Å². The Bertz CT molecular complexity index is 1250. The molecule has 0 aliphatic heterocycles. The lowest BCUT2D eigenvalue weighted by Crippen LogP contribution is -2.25. The molecule has 0 radical (unpaired) electrons. The number of hydrogen-bond donors (Lipinski definition) is 0. The van der Waals surface area contributed by atoms with Crippen LogP contribution in [0.5, 0.6) is 5.75 Å². The van der Waals surface area contributed by atoms with E-state index in [-0.39, 0.29) is 12.3 Å². The molecule has 182 valence electrons. The molecule has 4 nitrogen and oxygen atoms in total. The summed E-state index contributed by atoms with van der Waals surface area (Å²) in [6.45, 7) is 5.75. The summed E-state index contributed by atoms with van der Waals surface area (Å²) in [5.41, 5.74) is 1.87. The smallest absolute Gasteiger partial charge is 0.196 e. The number of ether oxygens (including phenoxy) is 1. The molecular weight excluding hydrogens is 486 g/mol. The van der Waals surface area contributed by atoms with Gasteiger partial charge in [-0.1, -0.05) is 60.2 Å². The van der Waals surface area contributed by atoms with Gasteiger partial charge in [-0.2, -0.15) is 5.10 Å². The Morgan fingerprint density at radius 3 is 2.54 bits per heavy atom. The zero-order valence-electron chi connectivity index (χ0n) is 19.7. The minimum Gasteiger partial charge on any atom is -0.497 e. The number of alkyl halides is 2. The molecule has 1 heterocycles. The number of carbonyl (C=O) groups is 1. The van der Waals surface area contributed by atoms with Gasteiger partial charge in [-0.15, -0.1) is 11.6 Å². The predicted octanol–water partition coefficient (Wildman–Crippen LogP) is 6.81. The van der Waals surface area contributed by atoms with Crippen molar-refractivity contribution in [2.24, 2.45) is 0 Å². The second kappa shape index (κ2) is 12.0. The third-order valence-corrected chi connectivity index (χ3v) is 6.21. The second-order valence-corrected chi connectivity index (χ2v) is 8.89. The highest BCUT2D eigenvalue weighted by Crippen LogP contribution is 2.30. The monoisotopic (exact) mass is 512 g/mol. The number of nitrogens with zero attached hydrogens (tertiary/aromatic N) is 2. The first-order chi connectivity index (χ1) is 16.8. The van der Waals surface area contributed by atoms with Crippen LogP contribution in [0.15, 0.2) is 90.0 Å². The van der Waals surface area contributed by atoms with Crippen molar-refractivity contribution in [3.63, 3.8) is 0 Å². The molecule has 35 heavy (non-hydrogen) atoms. The Balaban J connectivity index is 2.03. The predicted molar refractivity (Wildman–Crippen MR) is 140 cm³/mol. The normalized spacial score (nSPS) is 13.9. The number of aryl methyl sites for hydroxylation is 1. The third-order valence-electron chi connectivity index (χ3n) is 5.53. The fourth-order valence-electron chi connectivity index (χ4n) is 3.66. The molecule has 7 heteroatoms.